The molecule has 0 unspecified atom stereocenters. The smallest absolute Gasteiger partial charge is 0.268 e. The summed E-state index contributed by atoms with van der Waals surface area (Å²) in [6.07, 6.45) is 3.36. The molecule has 0 bridgehead atoms. The van der Waals surface area contributed by atoms with Gasteiger partial charge in [0.15, 0.2) is 4.32 Å². The maximum absolute atomic E-state index is 13.0. The zero-order valence-electron chi connectivity index (χ0n) is 10.7. The maximum atomic E-state index is 13.0. The highest BCUT2D eigenvalue weighted by Crippen LogP contribution is 2.35. The molecule has 2 aromatic rings. The van der Waals surface area contributed by atoms with E-state index in [4.69, 9.17) is 12.2 Å². The van der Waals surface area contributed by atoms with Crippen molar-refractivity contribution in [3.05, 3.63) is 65.1 Å². The molecule has 0 N–H and O–H groups in total. The summed E-state index contributed by atoms with van der Waals surface area (Å²) < 4.78 is 13.4. The lowest BCUT2D eigenvalue weighted by Gasteiger charge is -2.14. The van der Waals surface area contributed by atoms with E-state index in [1.54, 1.807) is 18.3 Å². The number of hydrogen-bond acceptors (Lipinski definition) is 4. The molecule has 1 aromatic carbocycles. The molecule has 21 heavy (non-hydrogen) atoms. The van der Waals surface area contributed by atoms with Gasteiger partial charge in [-0.05, 0) is 42.5 Å². The van der Waals surface area contributed by atoms with Crippen LogP contribution in [0.1, 0.15) is 5.69 Å². The fourth-order valence-electron chi connectivity index (χ4n) is 1.88. The number of carbonyl (C=O) groups excluding carboxylic acids is 1. The second kappa shape index (κ2) is 5.75. The lowest BCUT2D eigenvalue weighted by molar-refractivity contribution is -0.113. The minimum atomic E-state index is -0.354. The van der Waals surface area contributed by atoms with E-state index in [1.165, 1.54) is 40.9 Å². The molecule has 0 spiro atoms. The molecule has 6 heteroatoms. The predicted octanol–water partition coefficient (Wildman–Crippen LogP) is 3.63. The van der Waals surface area contributed by atoms with Crippen molar-refractivity contribution in [2.24, 2.45) is 0 Å². The van der Waals surface area contributed by atoms with Crippen molar-refractivity contribution in [3.8, 4) is 0 Å². The Labute approximate surface area is 130 Å². The molecule has 1 fully saturated rings. The van der Waals surface area contributed by atoms with Crippen LogP contribution in [0, 0.1) is 5.82 Å². The van der Waals surface area contributed by atoms with Gasteiger partial charge in [-0.2, -0.15) is 0 Å². The third-order valence-electron chi connectivity index (χ3n) is 2.85. The standard InChI is InChI=1S/C15H9FN2OS2/c16-10-4-6-12(7-5-10)18-14(19)13(21-15(18)20)9-11-3-1-2-8-17-11/h1-9H/b13-9-. The summed E-state index contributed by atoms with van der Waals surface area (Å²) >= 11 is 6.45. The highest BCUT2D eigenvalue weighted by atomic mass is 32.2. The minimum absolute atomic E-state index is 0.220. The number of halogens is 1. The van der Waals surface area contributed by atoms with E-state index in [1.807, 2.05) is 12.1 Å². The SMILES string of the molecule is O=C1/C(=C/c2ccccn2)SC(=S)N1c1ccc(F)cc1. The molecule has 0 atom stereocenters. The third-order valence-corrected chi connectivity index (χ3v) is 4.15. The molecule has 3 rings (SSSR count). The van der Waals surface area contributed by atoms with Gasteiger partial charge >= 0.3 is 0 Å². The molecule has 0 aliphatic carbocycles. The average Bonchev–Trinajstić information content (AvgIpc) is 2.76. The number of hydrogen-bond donors (Lipinski definition) is 0. The fraction of sp³-hybridized carbons (Fsp3) is 0. The number of thioether (sulfide) groups is 1. The normalized spacial score (nSPS) is 16.8. The topological polar surface area (TPSA) is 33.2 Å². The Morgan fingerprint density at radius 1 is 1.19 bits per heavy atom. The van der Waals surface area contributed by atoms with E-state index in [-0.39, 0.29) is 11.7 Å². The third kappa shape index (κ3) is 2.86. The van der Waals surface area contributed by atoms with Gasteiger partial charge in [0.25, 0.3) is 5.91 Å². The molecule has 3 nitrogen and oxygen atoms in total. The van der Waals surface area contributed by atoms with Crippen LogP contribution < -0.4 is 4.90 Å². The highest BCUT2D eigenvalue weighted by Gasteiger charge is 2.33. The van der Waals surface area contributed by atoms with E-state index in [2.05, 4.69) is 4.98 Å². The Morgan fingerprint density at radius 2 is 1.95 bits per heavy atom. The number of thiocarbonyl (C=S) groups is 1. The second-order valence-corrected chi connectivity index (χ2v) is 5.92. The predicted molar refractivity (Wildman–Crippen MR) is 86.3 cm³/mol. The van der Waals surface area contributed by atoms with E-state index >= 15 is 0 Å². The van der Waals surface area contributed by atoms with Gasteiger partial charge in [-0.3, -0.25) is 14.7 Å². The van der Waals surface area contributed by atoms with Crippen molar-refractivity contribution >= 4 is 46.0 Å². The Hall–Kier alpha value is -2.05. The minimum Gasteiger partial charge on any atom is -0.268 e. The number of amides is 1. The van der Waals surface area contributed by atoms with Gasteiger partial charge in [0, 0.05) is 6.20 Å². The molecular weight excluding hydrogens is 307 g/mol. The summed E-state index contributed by atoms with van der Waals surface area (Å²) in [5, 5.41) is 0. The number of aromatic nitrogens is 1. The maximum Gasteiger partial charge on any atom is 0.270 e. The van der Waals surface area contributed by atoms with Crippen molar-refractivity contribution < 1.29 is 9.18 Å². The molecule has 1 amide bonds. The van der Waals surface area contributed by atoms with Crippen molar-refractivity contribution in [2.45, 2.75) is 0 Å². The molecular formula is C15H9FN2OS2. The molecule has 2 heterocycles. The van der Waals surface area contributed by atoms with Gasteiger partial charge in [0.2, 0.25) is 0 Å². The van der Waals surface area contributed by atoms with Crippen LogP contribution >= 0.6 is 24.0 Å². The van der Waals surface area contributed by atoms with Gasteiger partial charge in [0.1, 0.15) is 5.82 Å². The van der Waals surface area contributed by atoms with E-state index in [9.17, 15) is 9.18 Å². The van der Waals surface area contributed by atoms with Crippen LogP contribution in [0.3, 0.4) is 0 Å². The van der Waals surface area contributed by atoms with Crippen molar-refractivity contribution in [1.82, 2.24) is 4.98 Å². The lowest BCUT2D eigenvalue weighted by atomic mass is 10.2. The summed E-state index contributed by atoms with van der Waals surface area (Å²) in [6.45, 7) is 0. The Kier molecular flexibility index (Phi) is 3.81. The first-order valence-corrected chi connectivity index (χ1v) is 7.32. The van der Waals surface area contributed by atoms with Crippen molar-refractivity contribution in [3.63, 3.8) is 0 Å². The Morgan fingerprint density at radius 3 is 2.62 bits per heavy atom. The van der Waals surface area contributed by atoms with Crippen LogP contribution in [-0.2, 0) is 4.79 Å². The summed E-state index contributed by atoms with van der Waals surface area (Å²) in [5.41, 5.74) is 1.25. The van der Waals surface area contributed by atoms with Crippen LogP contribution in [0.25, 0.3) is 6.08 Å². The van der Waals surface area contributed by atoms with Crippen LogP contribution in [0.5, 0.6) is 0 Å². The van der Waals surface area contributed by atoms with Crippen LogP contribution in [-0.4, -0.2) is 15.2 Å². The molecule has 1 aliphatic heterocycles. The Bertz CT molecular complexity index is 729. The summed E-state index contributed by atoms with van der Waals surface area (Å²) in [4.78, 5) is 18.5. The van der Waals surface area contributed by atoms with Gasteiger partial charge in [-0.1, -0.05) is 30.0 Å². The molecule has 104 valence electrons. The number of pyridine rings is 1. The van der Waals surface area contributed by atoms with Crippen molar-refractivity contribution in [2.75, 3.05) is 4.90 Å². The average molecular weight is 316 g/mol. The quantitative estimate of drug-likeness (QED) is 0.626. The van der Waals surface area contributed by atoms with Gasteiger partial charge in [-0.25, -0.2) is 4.39 Å². The van der Waals surface area contributed by atoms with E-state index < -0.39 is 0 Å². The lowest BCUT2D eigenvalue weighted by Crippen LogP contribution is -2.27. The Balaban J connectivity index is 1.92. The van der Waals surface area contributed by atoms with Crippen molar-refractivity contribution in [1.29, 1.82) is 0 Å². The molecule has 1 aromatic heterocycles. The number of anilines is 1. The second-order valence-electron chi connectivity index (χ2n) is 4.25. The van der Waals surface area contributed by atoms with Crippen LogP contribution in [0.15, 0.2) is 53.6 Å². The molecule has 0 saturated carbocycles. The number of benzene rings is 1. The number of nitrogens with zero attached hydrogens (tertiary/aromatic N) is 2. The van der Waals surface area contributed by atoms with Crippen LogP contribution in [0.4, 0.5) is 10.1 Å². The fourth-order valence-corrected chi connectivity index (χ4v) is 3.16. The van der Waals surface area contributed by atoms with Gasteiger partial charge < -0.3 is 0 Å². The first kappa shape index (κ1) is 13.9. The molecule has 0 radical (unpaired) electrons. The first-order chi connectivity index (χ1) is 10.1. The van der Waals surface area contributed by atoms with E-state index in [0.717, 1.165) is 0 Å². The molecule has 1 saturated heterocycles. The first-order valence-electron chi connectivity index (χ1n) is 6.10. The highest BCUT2D eigenvalue weighted by molar-refractivity contribution is 8.27. The number of carbonyl (C=O) groups is 1. The zero-order valence-corrected chi connectivity index (χ0v) is 12.3. The monoisotopic (exact) mass is 316 g/mol. The van der Waals surface area contributed by atoms with Gasteiger partial charge in [-0.15, -0.1) is 0 Å². The summed E-state index contributed by atoms with van der Waals surface area (Å²) in [7, 11) is 0. The summed E-state index contributed by atoms with van der Waals surface area (Å²) in [6, 6.07) is 11.1. The van der Waals surface area contributed by atoms with Gasteiger partial charge in [0.05, 0.1) is 16.3 Å². The largest absolute Gasteiger partial charge is 0.270 e. The number of rotatable bonds is 2. The van der Waals surface area contributed by atoms with E-state index in [0.29, 0.717) is 20.6 Å². The summed E-state index contributed by atoms with van der Waals surface area (Å²) in [5.74, 6) is -0.574. The zero-order chi connectivity index (χ0) is 14.8. The van der Waals surface area contributed by atoms with Crippen LogP contribution in [0.2, 0.25) is 0 Å². The molecule has 1 aliphatic rings.